The van der Waals surface area contributed by atoms with Crippen molar-refractivity contribution in [2.75, 3.05) is 44.4 Å². The second kappa shape index (κ2) is 9.45. The summed E-state index contributed by atoms with van der Waals surface area (Å²) >= 11 is 12.5. The lowest BCUT2D eigenvalue weighted by Gasteiger charge is -2.36. The number of hydrogen-bond donors (Lipinski definition) is 0. The molecule has 0 unspecified atom stereocenters. The van der Waals surface area contributed by atoms with E-state index < -0.39 is 0 Å². The fourth-order valence-electron chi connectivity index (χ4n) is 4.61. The van der Waals surface area contributed by atoms with Crippen LogP contribution in [0.3, 0.4) is 0 Å². The third-order valence-electron chi connectivity index (χ3n) is 6.48. The van der Waals surface area contributed by atoms with Crippen molar-refractivity contribution in [1.82, 2.24) is 4.90 Å². The van der Waals surface area contributed by atoms with Gasteiger partial charge in [-0.15, -0.1) is 0 Å². The van der Waals surface area contributed by atoms with E-state index in [1.54, 1.807) is 12.1 Å². The molecule has 1 fully saturated rings. The zero-order valence-corrected chi connectivity index (χ0v) is 20.0. The molecule has 2 aliphatic heterocycles. The molecule has 0 amide bonds. The molecule has 0 aliphatic carbocycles. The minimum atomic E-state index is 0.0269. The molecule has 1 saturated heterocycles. The molecule has 0 spiro atoms. The molecule has 8 heteroatoms. The van der Waals surface area contributed by atoms with Crippen LogP contribution in [-0.4, -0.2) is 44.4 Å². The van der Waals surface area contributed by atoms with Crippen LogP contribution in [0.4, 0.5) is 5.69 Å². The Labute approximate surface area is 202 Å². The third-order valence-corrected chi connectivity index (χ3v) is 7.29. The molecular formula is C25H26Cl2N2O4. The molecule has 3 heterocycles. The Kier molecular flexibility index (Phi) is 6.41. The van der Waals surface area contributed by atoms with E-state index in [0.717, 1.165) is 56.8 Å². The normalized spacial score (nSPS) is 16.0. The molecule has 0 saturated carbocycles. The van der Waals surface area contributed by atoms with Gasteiger partial charge in [-0.25, -0.2) is 0 Å². The number of hydrogen-bond acceptors (Lipinski definition) is 6. The van der Waals surface area contributed by atoms with Gasteiger partial charge in [-0.2, -0.15) is 0 Å². The highest BCUT2D eigenvalue weighted by molar-refractivity contribution is 6.43. The van der Waals surface area contributed by atoms with Crippen LogP contribution in [0, 0.1) is 6.92 Å². The van der Waals surface area contributed by atoms with E-state index in [2.05, 4.69) is 9.80 Å². The standard InChI is InChI=1S/C25H26Cl2N2O4/c1-16-17(25(30)18-13-22-23(32-15-31-22)14-21(18)33-16)5-2-3-8-28-9-11-29(12-10-28)20-7-4-6-19(26)24(20)27/h4,6-7,13-14H,2-3,5,8-12,15H2,1H3. The first-order chi connectivity index (χ1) is 16.0. The van der Waals surface area contributed by atoms with Crippen molar-refractivity contribution in [3.05, 3.63) is 61.9 Å². The third kappa shape index (κ3) is 4.52. The highest BCUT2D eigenvalue weighted by atomic mass is 35.5. The maximum absolute atomic E-state index is 13.1. The number of fused-ring (bicyclic) bond motifs is 2. The molecule has 0 atom stereocenters. The minimum absolute atomic E-state index is 0.0269. The van der Waals surface area contributed by atoms with Gasteiger partial charge in [-0.3, -0.25) is 9.69 Å². The quantitative estimate of drug-likeness (QED) is 0.439. The van der Waals surface area contributed by atoms with Gasteiger partial charge in [0, 0.05) is 37.8 Å². The van der Waals surface area contributed by atoms with Gasteiger partial charge in [0.2, 0.25) is 6.79 Å². The van der Waals surface area contributed by atoms with Crippen molar-refractivity contribution >= 4 is 39.9 Å². The molecule has 5 rings (SSSR count). The fraction of sp³-hybridized carbons (Fsp3) is 0.400. The molecule has 2 aliphatic rings. The number of unbranched alkanes of at least 4 members (excludes halogenated alkanes) is 1. The average molecular weight is 489 g/mol. The first kappa shape index (κ1) is 22.4. The van der Waals surface area contributed by atoms with Gasteiger partial charge in [0.1, 0.15) is 11.3 Å². The molecule has 33 heavy (non-hydrogen) atoms. The van der Waals surface area contributed by atoms with E-state index in [-0.39, 0.29) is 12.2 Å². The van der Waals surface area contributed by atoms with E-state index in [1.165, 1.54) is 0 Å². The van der Waals surface area contributed by atoms with E-state index in [0.29, 0.717) is 44.7 Å². The SMILES string of the molecule is Cc1oc2cc3c(cc2c(=O)c1CCCCN1CCN(c2cccc(Cl)c2Cl)CC1)OCO3. The fourth-order valence-corrected chi connectivity index (χ4v) is 5.03. The highest BCUT2D eigenvalue weighted by Crippen LogP contribution is 2.36. The zero-order chi connectivity index (χ0) is 22.9. The van der Waals surface area contributed by atoms with Gasteiger partial charge in [-0.1, -0.05) is 29.3 Å². The average Bonchev–Trinajstić information content (AvgIpc) is 3.27. The van der Waals surface area contributed by atoms with Crippen LogP contribution in [0.2, 0.25) is 10.0 Å². The van der Waals surface area contributed by atoms with E-state index in [4.69, 9.17) is 37.1 Å². The Morgan fingerprint density at radius 3 is 2.55 bits per heavy atom. The number of ether oxygens (including phenoxy) is 2. The molecule has 6 nitrogen and oxygen atoms in total. The summed E-state index contributed by atoms with van der Waals surface area (Å²) in [5.74, 6) is 1.90. The minimum Gasteiger partial charge on any atom is -0.461 e. The zero-order valence-electron chi connectivity index (χ0n) is 18.5. The van der Waals surface area contributed by atoms with Gasteiger partial charge in [0.05, 0.1) is 21.1 Å². The lowest BCUT2D eigenvalue weighted by atomic mass is 10.0. The monoisotopic (exact) mass is 488 g/mol. The van der Waals surface area contributed by atoms with Crippen LogP contribution in [0.1, 0.15) is 24.2 Å². The van der Waals surface area contributed by atoms with Crippen molar-refractivity contribution < 1.29 is 13.9 Å². The topological polar surface area (TPSA) is 55.2 Å². The Morgan fingerprint density at radius 2 is 1.76 bits per heavy atom. The molecule has 0 radical (unpaired) electrons. The van der Waals surface area contributed by atoms with Gasteiger partial charge < -0.3 is 18.8 Å². The van der Waals surface area contributed by atoms with Crippen molar-refractivity contribution in [2.45, 2.75) is 26.2 Å². The van der Waals surface area contributed by atoms with Crippen molar-refractivity contribution in [3.8, 4) is 11.5 Å². The van der Waals surface area contributed by atoms with Crippen LogP contribution < -0.4 is 19.8 Å². The summed E-state index contributed by atoms with van der Waals surface area (Å²) in [5.41, 5.74) is 2.33. The summed E-state index contributed by atoms with van der Waals surface area (Å²) in [6.07, 6.45) is 2.66. The van der Waals surface area contributed by atoms with Crippen LogP contribution in [0.25, 0.3) is 11.0 Å². The second-order valence-corrected chi connectivity index (χ2v) is 9.31. The summed E-state index contributed by atoms with van der Waals surface area (Å²) in [6.45, 7) is 6.84. The van der Waals surface area contributed by atoms with Crippen LogP contribution >= 0.6 is 23.2 Å². The second-order valence-electron chi connectivity index (χ2n) is 8.53. The lowest BCUT2D eigenvalue weighted by molar-refractivity contribution is 0.174. The maximum atomic E-state index is 13.1. The molecule has 0 bridgehead atoms. The molecular weight excluding hydrogens is 463 g/mol. The van der Waals surface area contributed by atoms with E-state index >= 15 is 0 Å². The van der Waals surface area contributed by atoms with Gasteiger partial charge >= 0.3 is 0 Å². The number of benzene rings is 2. The molecule has 3 aromatic rings. The molecule has 2 aromatic carbocycles. The maximum Gasteiger partial charge on any atom is 0.231 e. The Bertz CT molecular complexity index is 1240. The molecule has 1 aromatic heterocycles. The van der Waals surface area contributed by atoms with Crippen LogP contribution in [0.15, 0.2) is 39.5 Å². The molecule has 0 N–H and O–H groups in total. The largest absolute Gasteiger partial charge is 0.461 e. The summed E-state index contributed by atoms with van der Waals surface area (Å²) in [6, 6.07) is 9.25. The highest BCUT2D eigenvalue weighted by Gasteiger charge is 2.21. The lowest BCUT2D eigenvalue weighted by Crippen LogP contribution is -2.46. The van der Waals surface area contributed by atoms with Gasteiger partial charge in [-0.05, 0) is 50.9 Å². The predicted octanol–water partition coefficient (Wildman–Crippen LogP) is 5.28. The van der Waals surface area contributed by atoms with Crippen molar-refractivity contribution in [2.24, 2.45) is 0 Å². The predicted molar refractivity (Wildman–Crippen MR) is 131 cm³/mol. The summed E-state index contributed by atoms with van der Waals surface area (Å²) < 4.78 is 16.8. The van der Waals surface area contributed by atoms with Gasteiger partial charge in [0.15, 0.2) is 16.9 Å². The van der Waals surface area contributed by atoms with Crippen molar-refractivity contribution in [1.29, 1.82) is 0 Å². The summed E-state index contributed by atoms with van der Waals surface area (Å²) in [4.78, 5) is 17.8. The van der Waals surface area contributed by atoms with Gasteiger partial charge in [0.25, 0.3) is 0 Å². The van der Waals surface area contributed by atoms with Crippen molar-refractivity contribution in [3.63, 3.8) is 0 Å². The molecule has 174 valence electrons. The number of piperazine rings is 1. The smallest absolute Gasteiger partial charge is 0.231 e. The Morgan fingerprint density at radius 1 is 1.00 bits per heavy atom. The van der Waals surface area contributed by atoms with E-state index in [9.17, 15) is 4.79 Å². The van der Waals surface area contributed by atoms with Crippen LogP contribution in [-0.2, 0) is 6.42 Å². The summed E-state index contributed by atoms with van der Waals surface area (Å²) in [5, 5.41) is 1.77. The number of rotatable bonds is 6. The first-order valence-corrected chi connectivity index (χ1v) is 12.0. The number of aryl methyl sites for hydroxylation is 1. The number of anilines is 1. The Hall–Kier alpha value is -2.41. The van der Waals surface area contributed by atoms with Crippen LogP contribution in [0.5, 0.6) is 11.5 Å². The van der Waals surface area contributed by atoms with E-state index in [1.807, 2.05) is 25.1 Å². The summed E-state index contributed by atoms with van der Waals surface area (Å²) in [7, 11) is 0. The number of nitrogens with zero attached hydrogens (tertiary/aromatic N) is 2. The Balaban J connectivity index is 1.16. The first-order valence-electron chi connectivity index (χ1n) is 11.3. The number of halogens is 2.